The number of carboxylic acids is 1. The number of hydrogen-bond donors (Lipinski definition) is 1. The van der Waals surface area contributed by atoms with Crippen LogP contribution in [0.4, 0.5) is 0 Å². The van der Waals surface area contributed by atoms with Gasteiger partial charge in [0, 0.05) is 5.39 Å². The van der Waals surface area contributed by atoms with E-state index in [1.807, 2.05) is 32.0 Å². The van der Waals surface area contributed by atoms with Gasteiger partial charge in [-0.15, -0.1) is 4.91 Å². The van der Waals surface area contributed by atoms with Crippen LogP contribution in [-0.4, -0.2) is 22.4 Å². The van der Waals surface area contributed by atoms with Gasteiger partial charge in [0.05, 0.1) is 29.5 Å². The summed E-state index contributed by atoms with van der Waals surface area (Å²) in [6, 6.07) is 5.92. The standard InChI is InChI=1S/C17H20N2O4/c1-3-11-6-5-7-12-13-8-9-23-17(4-2,10-14(20)21)16(13)19(18-22)15(11)12/h5-7H,3-4,8-10H2,1-2H3,(H,20,21). The van der Waals surface area contributed by atoms with E-state index in [0.29, 0.717) is 25.1 Å². The van der Waals surface area contributed by atoms with Crippen molar-refractivity contribution in [2.24, 2.45) is 5.29 Å². The van der Waals surface area contributed by atoms with Crippen molar-refractivity contribution in [1.29, 1.82) is 0 Å². The number of fused-ring (bicyclic) bond motifs is 3. The highest BCUT2D eigenvalue weighted by Crippen LogP contribution is 2.44. The van der Waals surface area contributed by atoms with Crippen LogP contribution >= 0.6 is 0 Å². The molecule has 1 aromatic carbocycles. The Balaban J connectivity index is 2.39. The summed E-state index contributed by atoms with van der Waals surface area (Å²) < 4.78 is 7.27. The van der Waals surface area contributed by atoms with Crippen LogP contribution in [0.3, 0.4) is 0 Å². The molecule has 0 saturated heterocycles. The summed E-state index contributed by atoms with van der Waals surface area (Å²) in [4.78, 5) is 23.0. The molecule has 23 heavy (non-hydrogen) atoms. The van der Waals surface area contributed by atoms with E-state index in [1.54, 1.807) is 0 Å². The van der Waals surface area contributed by atoms with Crippen molar-refractivity contribution in [3.05, 3.63) is 39.9 Å². The number of nitroso groups, excluding NO2 is 1. The Bertz CT molecular complexity index is 780. The lowest BCUT2D eigenvalue weighted by atomic mass is 9.86. The zero-order valence-electron chi connectivity index (χ0n) is 13.3. The predicted molar refractivity (Wildman–Crippen MR) is 86.4 cm³/mol. The number of ether oxygens (including phenoxy) is 1. The molecule has 0 aliphatic carbocycles. The van der Waals surface area contributed by atoms with Crippen molar-refractivity contribution in [3.8, 4) is 0 Å². The van der Waals surface area contributed by atoms with Crippen LogP contribution < -0.4 is 0 Å². The highest BCUT2D eigenvalue weighted by molar-refractivity contribution is 5.89. The molecule has 1 aliphatic rings. The zero-order chi connectivity index (χ0) is 16.6. The summed E-state index contributed by atoms with van der Waals surface area (Å²) in [5.41, 5.74) is 2.40. The number of benzene rings is 1. The number of para-hydroxylation sites is 1. The van der Waals surface area contributed by atoms with E-state index < -0.39 is 11.6 Å². The number of nitrogens with zero attached hydrogens (tertiary/aromatic N) is 2. The molecule has 0 fully saturated rings. The van der Waals surface area contributed by atoms with Crippen LogP contribution in [0.5, 0.6) is 0 Å². The molecule has 0 amide bonds. The molecule has 0 bridgehead atoms. The third-order valence-corrected chi connectivity index (χ3v) is 4.79. The summed E-state index contributed by atoms with van der Waals surface area (Å²) in [6.07, 6.45) is 1.72. The Morgan fingerprint density at radius 3 is 2.83 bits per heavy atom. The molecule has 1 aliphatic heterocycles. The van der Waals surface area contributed by atoms with Crippen molar-refractivity contribution >= 4 is 16.9 Å². The van der Waals surface area contributed by atoms with Crippen molar-refractivity contribution in [3.63, 3.8) is 0 Å². The first-order chi connectivity index (χ1) is 11.1. The average molecular weight is 316 g/mol. The molecule has 1 aromatic heterocycles. The monoisotopic (exact) mass is 316 g/mol. The lowest BCUT2D eigenvalue weighted by Gasteiger charge is -2.36. The highest BCUT2D eigenvalue weighted by Gasteiger charge is 2.43. The maximum Gasteiger partial charge on any atom is 0.306 e. The number of aromatic nitrogens is 1. The second kappa shape index (κ2) is 5.77. The van der Waals surface area contributed by atoms with Gasteiger partial charge < -0.3 is 9.84 Å². The molecule has 3 rings (SSSR count). The molecule has 1 atom stereocenters. The van der Waals surface area contributed by atoms with Crippen molar-refractivity contribution in [2.75, 3.05) is 6.61 Å². The molecule has 6 nitrogen and oxygen atoms in total. The third-order valence-electron chi connectivity index (χ3n) is 4.79. The highest BCUT2D eigenvalue weighted by atomic mass is 16.5. The number of carbonyl (C=O) groups is 1. The molecule has 0 spiro atoms. The smallest absolute Gasteiger partial charge is 0.306 e. The zero-order valence-corrected chi connectivity index (χ0v) is 13.3. The van der Waals surface area contributed by atoms with Crippen LogP contribution in [0.15, 0.2) is 23.5 Å². The fourth-order valence-corrected chi connectivity index (χ4v) is 3.73. The van der Waals surface area contributed by atoms with Gasteiger partial charge in [-0.3, -0.25) is 4.79 Å². The fourth-order valence-electron chi connectivity index (χ4n) is 3.73. The summed E-state index contributed by atoms with van der Waals surface area (Å²) in [5, 5.41) is 13.5. The van der Waals surface area contributed by atoms with Gasteiger partial charge in [0.15, 0.2) is 0 Å². The Morgan fingerprint density at radius 2 is 2.22 bits per heavy atom. The summed E-state index contributed by atoms with van der Waals surface area (Å²) >= 11 is 0. The Labute approximate surface area is 134 Å². The van der Waals surface area contributed by atoms with Crippen LogP contribution in [0.25, 0.3) is 10.9 Å². The molecule has 1 N–H and O–H groups in total. The van der Waals surface area contributed by atoms with Crippen LogP contribution in [0, 0.1) is 4.91 Å². The molecular weight excluding hydrogens is 296 g/mol. The quantitative estimate of drug-likeness (QED) is 0.857. The summed E-state index contributed by atoms with van der Waals surface area (Å²) in [5.74, 6) is -0.946. The molecule has 0 saturated carbocycles. The summed E-state index contributed by atoms with van der Waals surface area (Å²) in [6.45, 7) is 4.35. The molecule has 122 valence electrons. The third kappa shape index (κ3) is 2.25. The second-order valence-corrected chi connectivity index (χ2v) is 5.90. The molecular formula is C17H20N2O4. The first-order valence-corrected chi connectivity index (χ1v) is 7.93. The number of aryl methyl sites for hydroxylation is 1. The molecule has 0 radical (unpaired) electrons. The van der Waals surface area contributed by atoms with Gasteiger partial charge in [-0.25, -0.2) is 0 Å². The van der Waals surface area contributed by atoms with Crippen LogP contribution in [0.2, 0.25) is 0 Å². The van der Waals surface area contributed by atoms with E-state index in [-0.39, 0.29) is 6.42 Å². The van der Waals surface area contributed by atoms with Gasteiger partial charge >= 0.3 is 5.97 Å². The van der Waals surface area contributed by atoms with E-state index in [0.717, 1.165) is 28.5 Å². The Morgan fingerprint density at radius 1 is 1.43 bits per heavy atom. The maximum atomic E-state index is 11.6. The molecule has 1 unspecified atom stereocenters. The van der Waals surface area contributed by atoms with Gasteiger partial charge in [0.1, 0.15) is 5.60 Å². The largest absolute Gasteiger partial charge is 0.481 e. The SMILES string of the molecule is CCc1cccc2c3c(n(N=O)c12)C(CC)(CC(=O)O)OCC3. The van der Waals surface area contributed by atoms with Gasteiger partial charge in [0.25, 0.3) is 0 Å². The minimum atomic E-state index is -1.00. The van der Waals surface area contributed by atoms with E-state index in [1.165, 1.54) is 4.68 Å². The molecule has 2 aromatic rings. The maximum absolute atomic E-state index is 11.6. The van der Waals surface area contributed by atoms with Gasteiger partial charge in [-0.05, 0) is 30.4 Å². The van der Waals surface area contributed by atoms with Crippen LogP contribution in [-0.2, 0) is 28.0 Å². The number of carboxylic acid groups (broad SMARTS) is 1. The normalized spacial score (nSPS) is 20.4. The van der Waals surface area contributed by atoms with E-state index in [4.69, 9.17) is 4.74 Å². The minimum absolute atomic E-state index is 0.177. The van der Waals surface area contributed by atoms with E-state index >= 15 is 0 Å². The van der Waals surface area contributed by atoms with E-state index in [9.17, 15) is 14.8 Å². The first-order valence-electron chi connectivity index (χ1n) is 7.93. The Kier molecular flexibility index (Phi) is 3.93. The molecule has 2 heterocycles. The van der Waals surface area contributed by atoms with Gasteiger partial charge in [0.2, 0.25) is 0 Å². The fraction of sp³-hybridized carbons (Fsp3) is 0.471. The minimum Gasteiger partial charge on any atom is -0.481 e. The van der Waals surface area contributed by atoms with Crippen molar-refractivity contribution in [2.45, 2.75) is 45.1 Å². The van der Waals surface area contributed by atoms with Gasteiger partial charge in [-0.2, -0.15) is 4.68 Å². The second-order valence-electron chi connectivity index (χ2n) is 5.90. The number of rotatable bonds is 5. The number of aliphatic carboxylic acids is 1. The molecule has 6 heteroatoms. The predicted octanol–water partition coefficient (Wildman–Crippen LogP) is 3.39. The first kappa shape index (κ1) is 15.7. The van der Waals surface area contributed by atoms with E-state index in [2.05, 4.69) is 5.29 Å². The summed E-state index contributed by atoms with van der Waals surface area (Å²) in [7, 11) is 0. The van der Waals surface area contributed by atoms with Gasteiger partial charge in [-0.1, -0.05) is 32.0 Å². The number of hydrogen-bond acceptors (Lipinski definition) is 4. The van der Waals surface area contributed by atoms with Crippen molar-refractivity contribution in [1.82, 2.24) is 4.68 Å². The van der Waals surface area contributed by atoms with Crippen LogP contribution in [0.1, 0.15) is 43.5 Å². The Hall–Kier alpha value is -2.21. The van der Waals surface area contributed by atoms with Crippen molar-refractivity contribution < 1.29 is 14.6 Å². The topological polar surface area (TPSA) is 80.9 Å². The average Bonchev–Trinajstić information content (AvgIpc) is 2.89. The lowest BCUT2D eigenvalue weighted by molar-refractivity contribution is -0.149. The lowest BCUT2D eigenvalue weighted by Crippen LogP contribution is -2.38.